The minimum atomic E-state index is -0.803. The first-order valence-corrected chi connectivity index (χ1v) is 10.2. The molecule has 0 aromatic rings. The first kappa shape index (κ1) is 23.1. The summed E-state index contributed by atoms with van der Waals surface area (Å²) in [4.78, 5) is 11.0. The molecule has 0 bridgehead atoms. The van der Waals surface area contributed by atoms with E-state index in [1.54, 1.807) is 0 Å². The molecule has 0 heterocycles. The van der Waals surface area contributed by atoms with Gasteiger partial charge in [-0.1, -0.05) is 103 Å². The molecule has 0 spiro atoms. The Labute approximate surface area is 148 Å². The predicted molar refractivity (Wildman–Crippen MR) is 101 cm³/mol. The number of halogens is 1. The predicted octanol–water partition coefficient (Wildman–Crippen LogP) is 7.43. The molecule has 3 heteroatoms. The van der Waals surface area contributed by atoms with Gasteiger partial charge in [-0.3, -0.25) is 4.79 Å². The van der Waals surface area contributed by atoms with Crippen LogP contribution in [0.3, 0.4) is 0 Å². The smallest absolute Gasteiger partial charge is 0.306 e. The van der Waals surface area contributed by atoms with E-state index in [1.807, 2.05) is 0 Å². The molecule has 0 aliphatic carbocycles. The SMILES string of the molecule is CCCCCCCCCCCCCCCCC(CC=CF)C(=O)O. The van der Waals surface area contributed by atoms with Crippen LogP contribution in [-0.2, 0) is 4.79 Å². The second-order valence-electron chi connectivity index (χ2n) is 7.02. The molecule has 2 nitrogen and oxygen atoms in total. The molecule has 142 valence electrons. The van der Waals surface area contributed by atoms with Crippen LogP contribution in [0.1, 0.15) is 110 Å². The average Bonchev–Trinajstić information content (AvgIpc) is 2.57. The molecule has 0 radical (unpaired) electrons. The number of hydrogen-bond donors (Lipinski definition) is 1. The maximum absolute atomic E-state index is 12.0. The molecule has 1 unspecified atom stereocenters. The van der Waals surface area contributed by atoms with Gasteiger partial charge in [0.2, 0.25) is 0 Å². The van der Waals surface area contributed by atoms with Gasteiger partial charge in [-0.2, -0.15) is 0 Å². The molecule has 0 aliphatic rings. The van der Waals surface area contributed by atoms with E-state index in [0.29, 0.717) is 19.2 Å². The first-order valence-electron chi connectivity index (χ1n) is 10.2. The van der Waals surface area contributed by atoms with Crippen LogP contribution in [0.5, 0.6) is 0 Å². The second kappa shape index (κ2) is 18.5. The zero-order chi connectivity index (χ0) is 17.9. The lowest BCUT2D eigenvalue weighted by atomic mass is 9.97. The first-order chi connectivity index (χ1) is 11.7. The van der Waals surface area contributed by atoms with Crippen molar-refractivity contribution < 1.29 is 14.3 Å². The monoisotopic (exact) mass is 342 g/mol. The van der Waals surface area contributed by atoms with E-state index in [2.05, 4.69) is 6.92 Å². The molecule has 0 aliphatic heterocycles. The Morgan fingerprint density at radius 1 is 0.833 bits per heavy atom. The fourth-order valence-corrected chi connectivity index (χ4v) is 3.14. The Morgan fingerprint density at radius 3 is 1.62 bits per heavy atom. The lowest BCUT2D eigenvalue weighted by Crippen LogP contribution is -2.12. The summed E-state index contributed by atoms with van der Waals surface area (Å²) in [5.41, 5.74) is 0. The molecule has 0 saturated heterocycles. The molecule has 0 fully saturated rings. The molecule has 1 N–H and O–H groups in total. The van der Waals surface area contributed by atoms with E-state index in [-0.39, 0.29) is 0 Å². The van der Waals surface area contributed by atoms with Gasteiger partial charge in [0.25, 0.3) is 0 Å². The highest BCUT2D eigenvalue weighted by Gasteiger charge is 2.14. The normalized spacial score (nSPS) is 12.8. The third kappa shape index (κ3) is 16.0. The summed E-state index contributed by atoms with van der Waals surface area (Å²) in [5, 5.41) is 9.05. The average molecular weight is 343 g/mol. The highest BCUT2D eigenvalue weighted by molar-refractivity contribution is 5.70. The van der Waals surface area contributed by atoms with Crippen LogP contribution in [0.2, 0.25) is 0 Å². The number of hydrogen-bond acceptors (Lipinski definition) is 1. The van der Waals surface area contributed by atoms with Gasteiger partial charge in [-0.05, 0) is 12.8 Å². The van der Waals surface area contributed by atoms with Gasteiger partial charge in [0.05, 0.1) is 12.2 Å². The Morgan fingerprint density at radius 2 is 1.25 bits per heavy atom. The van der Waals surface area contributed by atoms with Gasteiger partial charge in [-0.15, -0.1) is 0 Å². The highest BCUT2D eigenvalue weighted by Crippen LogP contribution is 2.17. The molecule has 0 aromatic heterocycles. The van der Waals surface area contributed by atoms with Crippen LogP contribution in [0.25, 0.3) is 0 Å². The Bertz CT molecular complexity index is 302. The Hall–Kier alpha value is -0.860. The number of carboxylic acid groups (broad SMARTS) is 1. The van der Waals surface area contributed by atoms with Gasteiger partial charge in [0.1, 0.15) is 0 Å². The van der Waals surface area contributed by atoms with E-state index in [4.69, 9.17) is 5.11 Å². The molecular weight excluding hydrogens is 303 g/mol. The summed E-state index contributed by atoms with van der Waals surface area (Å²) in [6.45, 7) is 2.26. The topological polar surface area (TPSA) is 37.3 Å². The maximum Gasteiger partial charge on any atom is 0.306 e. The van der Waals surface area contributed by atoms with Crippen LogP contribution < -0.4 is 0 Å². The summed E-state index contributed by atoms with van der Waals surface area (Å²) in [5.74, 6) is -1.22. The van der Waals surface area contributed by atoms with Gasteiger partial charge in [0, 0.05) is 0 Å². The largest absolute Gasteiger partial charge is 0.481 e. The minimum absolute atomic E-state index is 0.310. The minimum Gasteiger partial charge on any atom is -0.481 e. The van der Waals surface area contributed by atoms with E-state index in [1.165, 1.54) is 83.1 Å². The molecule has 24 heavy (non-hydrogen) atoms. The van der Waals surface area contributed by atoms with Crippen molar-refractivity contribution in [3.05, 3.63) is 12.4 Å². The quantitative estimate of drug-likeness (QED) is 0.263. The maximum atomic E-state index is 12.0. The van der Waals surface area contributed by atoms with Crippen molar-refractivity contribution in [2.45, 2.75) is 110 Å². The summed E-state index contributed by atoms with van der Waals surface area (Å²) >= 11 is 0. The summed E-state index contributed by atoms with van der Waals surface area (Å²) < 4.78 is 12.0. The van der Waals surface area contributed by atoms with Crippen molar-refractivity contribution in [2.75, 3.05) is 0 Å². The Balaban J connectivity index is 3.28. The van der Waals surface area contributed by atoms with Gasteiger partial charge in [-0.25, -0.2) is 4.39 Å². The van der Waals surface area contributed by atoms with Crippen molar-refractivity contribution in [3.8, 4) is 0 Å². The van der Waals surface area contributed by atoms with Gasteiger partial charge >= 0.3 is 5.97 Å². The van der Waals surface area contributed by atoms with Crippen molar-refractivity contribution in [2.24, 2.45) is 5.92 Å². The van der Waals surface area contributed by atoms with Crippen LogP contribution in [0.15, 0.2) is 12.4 Å². The molecular formula is C21H39FO2. The van der Waals surface area contributed by atoms with Gasteiger partial charge in [0.15, 0.2) is 0 Å². The number of rotatable bonds is 18. The van der Waals surface area contributed by atoms with Crippen LogP contribution in [0.4, 0.5) is 4.39 Å². The molecule has 0 amide bonds. The fraction of sp³-hybridized carbons (Fsp3) is 0.857. The zero-order valence-electron chi connectivity index (χ0n) is 15.8. The van der Waals surface area contributed by atoms with Crippen molar-refractivity contribution in [1.29, 1.82) is 0 Å². The van der Waals surface area contributed by atoms with Crippen molar-refractivity contribution in [3.63, 3.8) is 0 Å². The fourth-order valence-electron chi connectivity index (χ4n) is 3.14. The van der Waals surface area contributed by atoms with Crippen LogP contribution in [-0.4, -0.2) is 11.1 Å². The summed E-state index contributed by atoms with van der Waals surface area (Å²) in [6.07, 6.45) is 21.0. The summed E-state index contributed by atoms with van der Waals surface area (Å²) in [6, 6.07) is 0. The molecule has 1 atom stereocenters. The number of aliphatic carboxylic acids is 1. The standard InChI is InChI=1S/C21H39FO2/c1-2-3-4-5-6-7-8-9-10-11-12-13-14-15-17-20(21(23)24)18-16-19-22/h16,19-20H,2-15,17-18H2,1H3,(H,23,24). The molecule has 0 aromatic carbocycles. The lowest BCUT2D eigenvalue weighted by molar-refractivity contribution is -0.141. The number of unbranched alkanes of at least 4 members (excludes halogenated alkanes) is 13. The highest BCUT2D eigenvalue weighted by atomic mass is 19.1. The van der Waals surface area contributed by atoms with E-state index in [9.17, 15) is 9.18 Å². The van der Waals surface area contributed by atoms with Crippen LogP contribution in [0, 0.1) is 5.92 Å². The second-order valence-corrected chi connectivity index (χ2v) is 7.02. The lowest BCUT2D eigenvalue weighted by Gasteiger charge is -2.09. The number of carboxylic acids is 1. The molecule has 0 rings (SSSR count). The van der Waals surface area contributed by atoms with Crippen molar-refractivity contribution in [1.82, 2.24) is 0 Å². The van der Waals surface area contributed by atoms with E-state index >= 15 is 0 Å². The number of allylic oxidation sites excluding steroid dienone is 1. The van der Waals surface area contributed by atoms with Gasteiger partial charge < -0.3 is 5.11 Å². The third-order valence-corrected chi connectivity index (χ3v) is 4.77. The third-order valence-electron chi connectivity index (χ3n) is 4.77. The van der Waals surface area contributed by atoms with E-state index < -0.39 is 11.9 Å². The van der Waals surface area contributed by atoms with Crippen LogP contribution >= 0.6 is 0 Å². The molecule has 0 saturated carbocycles. The Kier molecular flexibility index (Phi) is 17.8. The summed E-state index contributed by atoms with van der Waals surface area (Å²) in [7, 11) is 0. The zero-order valence-corrected chi connectivity index (χ0v) is 15.8. The van der Waals surface area contributed by atoms with E-state index in [0.717, 1.165) is 12.8 Å². The number of carbonyl (C=O) groups is 1. The van der Waals surface area contributed by atoms with Crippen molar-refractivity contribution >= 4 is 5.97 Å².